The summed E-state index contributed by atoms with van der Waals surface area (Å²) in [7, 11) is 0. The molecule has 2 atom stereocenters. The fourth-order valence-electron chi connectivity index (χ4n) is 2.26. The Bertz CT molecular complexity index is 627. The summed E-state index contributed by atoms with van der Waals surface area (Å²) in [4.78, 5) is 12.2. The first kappa shape index (κ1) is 13.2. The third-order valence-electron chi connectivity index (χ3n) is 3.27. The molecular formula is C12H17N5O3. The number of ether oxygens (including phenoxy) is 2. The van der Waals surface area contributed by atoms with Crippen LogP contribution in [0.4, 0.5) is 5.82 Å². The Morgan fingerprint density at radius 2 is 2.30 bits per heavy atom. The zero-order valence-electron chi connectivity index (χ0n) is 11.4. The molecule has 0 aromatic carbocycles. The predicted molar refractivity (Wildman–Crippen MR) is 70.6 cm³/mol. The molecule has 2 aromatic rings. The summed E-state index contributed by atoms with van der Waals surface area (Å²) in [5, 5.41) is 10.3. The number of imidazole rings is 1. The Morgan fingerprint density at radius 1 is 1.50 bits per heavy atom. The minimum Gasteiger partial charge on any atom is -0.388 e. The lowest BCUT2D eigenvalue weighted by molar-refractivity contribution is -0.151. The first-order chi connectivity index (χ1) is 9.46. The number of nitrogens with two attached hydrogens (primary N) is 1. The lowest BCUT2D eigenvalue weighted by Crippen LogP contribution is -2.33. The lowest BCUT2D eigenvalue weighted by Gasteiger charge is -2.20. The molecule has 0 unspecified atom stereocenters. The number of aliphatic hydroxyl groups excluding tert-OH is 1. The highest BCUT2D eigenvalue weighted by Gasteiger charge is 2.36. The van der Waals surface area contributed by atoms with Crippen LogP contribution in [0.25, 0.3) is 11.2 Å². The van der Waals surface area contributed by atoms with E-state index in [-0.39, 0.29) is 6.10 Å². The molecule has 20 heavy (non-hydrogen) atoms. The van der Waals surface area contributed by atoms with Gasteiger partial charge in [0.1, 0.15) is 24.1 Å². The first-order valence-electron chi connectivity index (χ1n) is 6.37. The van der Waals surface area contributed by atoms with Crippen LogP contribution < -0.4 is 5.73 Å². The number of aromatic nitrogens is 4. The number of nitrogens with zero attached hydrogens (tertiary/aromatic N) is 4. The highest BCUT2D eigenvalue weighted by Crippen LogP contribution is 2.25. The number of hydrogen-bond donors (Lipinski definition) is 2. The average molecular weight is 279 g/mol. The van der Waals surface area contributed by atoms with Crippen molar-refractivity contribution < 1.29 is 14.6 Å². The monoisotopic (exact) mass is 279 g/mol. The molecule has 2 aromatic heterocycles. The van der Waals surface area contributed by atoms with E-state index in [2.05, 4.69) is 15.0 Å². The molecule has 0 bridgehead atoms. The molecule has 1 aliphatic heterocycles. The van der Waals surface area contributed by atoms with Gasteiger partial charge in [0.15, 0.2) is 17.3 Å². The van der Waals surface area contributed by atoms with E-state index in [1.54, 1.807) is 10.9 Å². The highest BCUT2D eigenvalue weighted by molar-refractivity contribution is 5.81. The van der Waals surface area contributed by atoms with E-state index >= 15 is 0 Å². The molecule has 1 saturated heterocycles. The van der Waals surface area contributed by atoms with Gasteiger partial charge in [0, 0.05) is 0 Å². The molecule has 8 nitrogen and oxygen atoms in total. The van der Waals surface area contributed by atoms with E-state index in [4.69, 9.17) is 15.2 Å². The van der Waals surface area contributed by atoms with E-state index in [0.717, 1.165) is 0 Å². The van der Waals surface area contributed by atoms with E-state index in [0.29, 0.717) is 30.1 Å². The molecular weight excluding hydrogens is 262 g/mol. The molecule has 0 radical (unpaired) electrons. The van der Waals surface area contributed by atoms with Gasteiger partial charge in [-0.1, -0.05) is 0 Å². The van der Waals surface area contributed by atoms with Gasteiger partial charge >= 0.3 is 0 Å². The summed E-state index contributed by atoms with van der Waals surface area (Å²) in [6.45, 7) is 4.30. The molecule has 0 spiro atoms. The minimum atomic E-state index is -0.717. The molecule has 1 fully saturated rings. The Morgan fingerprint density at radius 3 is 3.00 bits per heavy atom. The summed E-state index contributed by atoms with van der Waals surface area (Å²) in [5.74, 6) is -0.334. The quantitative estimate of drug-likeness (QED) is 0.809. The molecule has 108 valence electrons. The van der Waals surface area contributed by atoms with E-state index in [1.807, 2.05) is 13.8 Å². The Kier molecular flexibility index (Phi) is 3.08. The van der Waals surface area contributed by atoms with Gasteiger partial charge in [-0.25, -0.2) is 15.0 Å². The van der Waals surface area contributed by atoms with Crippen LogP contribution in [0.5, 0.6) is 0 Å². The van der Waals surface area contributed by atoms with Crippen molar-refractivity contribution in [2.75, 3.05) is 12.3 Å². The number of fused-ring (bicyclic) bond motifs is 1. The van der Waals surface area contributed by atoms with Crippen molar-refractivity contribution >= 4 is 17.0 Å². The smallest absolute Gasteiger partial charge is 0.165 e. The van der Waals surface area contributed by atoms with Crippen LogP contribution in [0, 0.1) is 0 Å². The number of nitrogen functional groups attached to an aromatic ring is 1. The third-order valence-corrected chi connectivity index (χ3v) is 3.27. The van der Waals surface area contributed by atoms with Crippen molar-refractivity contribution in [2.24, 2.45) is 0 Å². The molecule has 0 amide bonds. The van der Waals surface area contributed by atoms with Crippen LogP contribution in [0.1, 0.15) is 13.8 Å². The maximum Gasteiger partial charge on any atom is 0.165 e. The van der Waals surface area contributed by atoms with E-state index < -0.39 is 11.9 Å². The second kappa shape index (κ2) is 4.65. The van der Waals surface area contributed by atoms with Gasteiger partial charge in [-0.15, -0.1) is 0 Å². The molecule has 1 aliphatic rings. The zero-order chi connectivity index (χ0) is 14.3. The van der Waals surface area contributed by atoms with Crippen molar-refractivity contribution in [2.45, 2.75) is 38.4 Å². The SMILES string of the molecule is CC1(C)OC[C@@H]([C@@H](O)Cn2cnc3c(N)ncnc32)O1. The topological polar surface area (TPSA) is 108 Å². The second-order valence-electron chi connectivity index (χ2n) is 5.26. The summed E-state index contributed by atoms with van der Waals surface area (Å²) in [6, 6.07) is 0. The third kappa shape index (κ3) is 2.33. The average Bonchev–Trinajstić information content (AvgIpc) is 2.95. The molecule has 3 rings (SSSR count). The maximum atomic E-state index is 10.3. The van der Waals surface area contributed by atoms with Gasteiger partial charge < -0.3 is 24.9 Å². The van der Waals surface area contributed by atoms with Crippen molar-refractivity contribution in [3.63, 3.8) is 0 Å². The van der Waals surface area contributed by atoms with Crippen LogP contribution in [-0.2, 0) is 16.0 Å². The first-order valence-corrected chi connectivity index (χ1v) is 6.37. The van der Waals surface area contributed by atoms with Crippen LogP contribution in [0.3, 0.4) is 0 Å². The fourth-order valence-corrected chi connectivity index (χ4v) is 2.26. The van der Waals surface area contributed by atoms with Crippen molar-refractivity contribution in [3.8, 4) is 0 Å². The number of hydrogen-bond acceptors (Lipinski definition) is 7. The summed E-state index contributed by atoms with van der Waals surface area (Å²) >= 11 is 0. The number of anilines is 1. The van der Waals surface area contributed by atoms with Gasteiger partial charge in [-0.05, 0) is 13.8 Å². The Labute approximate surface area is 115 Å². The molecule has 8 heteroatoms. The normalized spacial score (nSPS) is 23.2. The molecule has 0 aliphatic carbocycles. The van der Waals surface area contributed by atoms with Gasteiger partial charge in [0.05, 0.1) is 19.5 Å². The second-order valence-corrected chi connectivity index (χ2v) is 5.26. The highest BCUT2D eigenvalue weighted by atomic mass is 16.7. The van der Waals surface area contributed by atoms with Crippen LogP contribution in [0.2, 0.25) is 0 Å². The zero-order valence-corrected chi connectivity index (χ0v) is 11.4. The Balaban J connectivity index is 1.78. The number of aliphatic hydroxyl groups is 1. The molecule has 3 heterocycles. The number of rotatable bonds is 3. The fraction of sp³-hybridized carbons (Fsp3) is 0.583. The predicted octanol–water partition coefficient (Wildman–Crippen LogP) is -0.0791. The van der Waals surface area contributed by atoms with E-state index in [9.17, 15) is 5.11 Å². The standard InChI is InChI=1S/C12H17N5O3/c1-12(2)19-4-8(20-12)7(18)3-17-6-16-9-10(13)14-5-15-11(9)17/h5-8,18H,3-4H2,1-2H3,(H2,13,14,15)/t7-,8-/m0/s1. The van der Waals surface area contributed by atoms with Crippen molar-refractivity contribution in [1.82, 2.24) is 19.5 Å². The summed E-state index contributed by atoms with van der Waals surface area (Å²) < 4.78 is 12.8. The summed E-state index contributed by atoms with van der Waals surface area (Å²) in [5.41, 5.74) is 6.85. The van der Waals surface area contributed by atoms with Gasteiger partial charge in [0.2, 0.25) is 0 Å². The van der Waals surface area contributed by atoms with Gasteiger partial charge in [-0.3, -0.25) is 0 Å². The van der Waals surface area contributed by atoms with Crippen molar-refractivity contribution in [1.29, 1.82) is 0 Å². The van der Waals surface area contributed by atoms with Gasteiger partial charge in [0.25, 0.3) is 0 Å². The maximum absolute atomic E-state index is 10.3. The Hall–Kier alpha value is -1.77. The molecule has 3 N–H and O–H groups in total. The summed E-state index contributed by atoms with van der Waals surface area (Å²) in [6.07, 6.45) is 1.87. The lowest BCUT2D eigenvalue weighted by atomic mass is 10.2. The van der Waals surface area contributed by atoms with Crippen LogP contribution in [-0.4, -0.2) is 49.2 Å². The van der Waals surface area contributed by atoms with Crippen molar-refractivity contribution in [3.05, 3.63) is 12.7 Å². The van der Waals surface area contributed by atoms with E-state index in [1.165, 1.54) is 6.33 Å². The minimum absolute atomic E-state index is 0.303. The van der Waals surface area contributed by atoms with Crippen LogP contribution >= 0.6 is 0 Å². The van der Waals surface area contributed by atoms with Gasteiger partial charge in [-0.2, -0.15) is 0 Å². The largest absolute Gasteiger partial charge is 0.388 e. The molecule has 0 saturated carbocycles. The van der Waals surface area contributed by atoms with Crippen LogP contribution in [0.15, 0.2) is 12.7 Å².